The fourth-order valence-corrected chi connectivity index (χ4v) is 5.95. The summed E-state index contributed by atoms with van der Waals surface area (Å²) in [4.78, 5) is 28.4. The van der Waals surface area contributed by atoms with Crippen molar-refractivity contribution in [1.82, 2.24) is 10.2 Å². The summed E-state index contributed by atoms with van der Waals surface area (Å²) < 4.78 is 64.7. The summed E-state index contributed by atoms with van der Waals surface area (Å²) in [6.07, 6.45) is 1.61. The first-order chi connectivity index (χ1) is 21.5. The maximum Gasteiger partial charge on any atom is 0.265 e. The predicted octanol–water partition coefficient (Wildman–Crippen LogP) is 4.39. The van der Waals surface area contributed by atoms with Crippen LogP contribution in [0.3, 0.4) is 0 Å². The van der Waals surface area contributed by atoms with E-state index < -0.39 is 40.2 Å². The van der Waals surface area contributed by atoms with E-state index in [0.717, 1.165) is 17.1 Å². The molecule has 1 N–H and O–H groups in total. The van der Waals surface area contributed by atoms with Crippen LogP contribution in [0, 0.1) is 5.82 Å². The van der Waals surface area contributed by atoms with E-state index in [1.165, 1.54) is 87.9 Å². The van der Waals surface area contributed by atoms with Crippen LogP contribution in [-0.4, -0.2) is 72.7 Å². The van der Waals surface area contributed by atoms with E-state index in [1.807, 2.05) is 6.92 Å². The third-order valence-electron chi connectivity index (χ3n) is 7.14. The minimum atomic E-state index is -4.48. The highest BCUT2D eigenvalue weighted by molar-refractivity contribution is 7.92. The van der Waals surface area contributed by atoms with E-state index in [1.54, 1.807) is 13.0 Å². The van der Waals surface area contributed by atoms with Crippen LogP contribution < -0.4 is 28.6 Å². The molecule has 0 bridgehead atoms. The van der Waals surface area contributed by atoms with Crippen LogP contribution in [0.15, 0.2) is 65.6 Å². The Hall–Kier alpha value is -4.52. The number of ether oxygens (including phenoxy) is 4. The molecule has 0 spiro atoms. The van der Waals surface area contributed by atoms with Gasteiger partial charge in [0.2, 0.25) is 11.8 Å². The first-order valence-electron chi connectivity index (χ1n) is 14.3. The smallest absolute Gasteiger partial charge is 0.265 e. The van der Waals surface area contributed by atoms with Crippen LogP contribution in [-0.2, 0) is 26.2 Å². The van der Waals surface area contributed by atoms with Gasteiger partial charge in [0.05, 0.1) is 39.0 Å². The zero-order valence-corrected chi connectivity index (χ0v) is 27.1. The van der Waals surface area contributed by atoms with Gasteiger partial charge < -0.3 is 29.2 Å². The highest BCUT2D eigenvalue weighted by Crippen LogP contribution is 2.37. The number of nitrogens with one attached hydrogen (secondary N) is 1. The number of anilines is 1. The molecular weight excluding hydrogens is 605 g/mol. The van der Waals surface area contributed by atoms with E-state index in [4.69, 9.17) is 18.9 Å². The van der Waals surface area contributed by atoms with Crippen molar-refractivity contribution in [2.24, 2.45) is 0 Å². The van der Waals surface area contributed by atoms with Crippen LogP contribution in [0.2, 0.25) is 0 Å². The van der Waals surface area contributed by atoms with Crippen molar-refractivity contribution >= 4 is 27.5 Å². The number of hydrogen-bond donors (Lipinski definition) is 1. The average molecular weight is 646 g/mol. The van der Waals surface area contributed by atoms with Gasteiger partial charge in [0.15, 0.2) is 11.5 Å². The molecular formula is C32H40FN3O8S. The molecule has 3 aromatic rings. The third-order valence-corrected chi connectivity index (χ3v) is 8.90. The molecule has 1 unspecified atom stereocenters. The molecule has 3 aromatic carbocycles. The standard InChI is InChI=1S/C32H40FN3O8S/c1-7-8-17-34-32(38)22(2)35(20-23-9-11-24(33)12-10-23)31(37)21-36(27-18-25(41-3)13-15-28(27)42-4)45(39,40)26-14-16-29(43-5)30(19-26)44-6/h9-16,18-19,22H,7-8,17,20-21H2,1-6H3,(H,34,38). The molecule has 0 aliphatic carbocycles. The molecule has 3 rings (SSSR count). The Morgan fingerprint density at radius 2 is 1.51 bits per heavy atom. The Balaban J connectivity index is 2.14. The zero-order valence-electron chi connectivity index (χ0n) is 26.3. The van der Waals surface area contributed by atoms with Gasteiger partial charge >= 0.3 is 0 Å². The Labute approximate surface area is 263 Å². The van der Waals surface area contributed by atoms with E-state index >= 15 is 0 Å². The van der Waals surface area contributed by atoms with Gasteiger partial charge in [-0.05, 0) is 55.3 Å². The van der Waals surface area contributed by atoms with Gasteiger partial charge in [-0.25, -0.2) is 12.8 Å². The lowest BCUT2D eigenvalue weighted by atomic mass is 10.1. The second-order valence-corrected chi connectivity index (χ2v) is 11.9. The lowest BCUT2D eigenvalue weighted by Gasteiger charge is -2.32. The number of amides is 2. The second-order valence-electron chi connectivity index (χ2n) is 10.0. The molecule has 0 aliphatic heterocycles. The summed E-state index contributed by atoms with van der Waals surface area (Å²) in [5, 5.41) is 2.82. The predicted molar refractivity (Wildman–Crippen MR) is 168 cm³/mol. The van der Waals surface area contributed by atoms with Crippen LogP contribution in [0.4, 0.5) is 10.1 Å². The van der Waals surface area contributed by atoms with Crippen molar-refractivity contribution in [3.05, 3.63) is 72.0 Å². The van der Waals surface area contributed by atoms with Crippen LogP contribution in [0.25, 0.3) is 0 Å². The number of methoxy groups -OCH3 is 4. The van der Waals surface area contributed by atoms with Crippen LogP contribution >= 0.6 is 0 Å². The van der Waals surface area contributed by atoms with Gasteiger partial charge in [-0.3, -0.25) is 13.9 Å². The van der Waals surface area contributed by atoms with Crippen LogP contribution in [0.1, 0.15) is 32.3 Å². The quantitative estimate of drug-likeness (QED) is 0.228. The van der Waals surface area contributed by atoms with Crippen molar-refractivity contribution in [3.8, 4) is 23.0 Å². The minimum Gasteiger partial charge on any atom is -0.497 e. The molecule has 0 saturated heterocycles. The fraction of sp³-hybridized carbons (Fsp3) is 0.375. The van der Waals surface area contributed by atoms with Gasteiger partial charge in [0.25, 0.3) is 10.0 Å². The normalized spacial score (nSPS) is 11.7. The summed E-state index contributed by atoms with van der Waals surface area (Å²) in [6.45, 7) is 3.16. The molecule has 11 nitrogen and oxygen atoms in total. The van der Waals surface area contributed by atoms with Crippen molar-refractivity contribution in [3.63, 3.8) is 0 Å². The Morgan fingerprint density at radius 1 is 0.867 bits per heavy atom. The number of carbonyl (C=O) groups excluding carboxylic acids is 2. The Kier molecular flexibility index (Phi) is 12.4. The lowest BCUT2D eigenvalue weighted by Crippen LogP contribution is -2.51. The van der Waals surface area contributed by atoms with E-state index in [0.29, 0.717) is 23.6 Å². The van der Waals surface area contributed by atoms with Gasteiger partial charge in [-0.2, -0.15) is 0 Å². The van der Waals surface area contributed by atoms with Gasteiger partial charge in [-0.15, -0.1) is 0 Å². The first-order valence-corrected chi connectivity index (χ1v) is 15.7. The number of rotatable bonds is 16. The third kappa shape index (κ3) is 8.56. The minimum absolute atomic E-state index is 0.0294. The molecule has 0 saturated carbocycles. The highest BCUT2D eigenvalue weighted by atomic mass is 32.2. The molecule has 0 aromatic heterocycles. The largest absolute Gasteiger partial charge is 0.497 e. The number of unbranched alkanes of at least 4 members (excludes halogenated alkanes) is 1. The Morgan fingerprint density at radius 3 is 2.11 bits per heavy atom. The van der Waals surface area contributed by atoms with Gasteiger partial charge in [0.1, 0.15) is 29.9 Å². The van der Waals surface area contributed by atoms with Crippen LogP contribution in [0.5, 0.6) is 23.0 Å². The molecule has 244 valence electrons. The monoisotopic (exact) mass is 645 g/mol. The zero-order chi connectivity index (χ0) is 33.1. The number of benzene rings is 3. The van der Waals surface area contributed by atoms with Crippen molar-refractivity contribution in [1.29, 1.82) is 0 Å². The van der Waals surface area contributed by atoms with E-state index in [-0.39, 0.29) is 28.6 Å². The maximum atomic E-state index is 14.3. The molecule has 13 heteroatoms. The Bertz CT molecular complexity index is 1570. The first kappa shape index (κ1) is 35.0. The van der Waals surface area contributed by atoms with Gasteiger partial charge in [0, 0.05) is 25.2 Å². The molecule has 2 amide bonds. The number of nitrogens with zero attached hydrogens (tertiary/aromatic N) is 2. The number of hydrogen-bond acceptors (Lipinski definition) is 8. The number of halogens is 1. The molecule has 0 heterocycles. The van der Waals surface area contributed by atoms with E-state index in [9.17, 15) is 22.4 Å². The summed E-state index contributed by atoms with van der Waals surface area (Å²) in [6, 6.07) is 13.1. The van der Waals surface area contributed by atoms with E-state index in [2.05, 4.69) is 5.32 Å². The van der Waals surface area contributed by atoms with Crippen molar-refractivity contribution < 1.29 is 41.3 Å². The summed E-state index contributed by atoms with van der Waals surface area (Å²) in [5.41, 5.74) is 0.577. The lowest BCUT2D eigenvalue weighted by molar-refractivity contribution is -0.139. The topological polar surface area (TPSA) is 124 Å². The second kappa shape index (κ2) is 16.0. The molecule has 1 atom stereocenters. The molecule has 0 radical (unpaired) electrons. The maximum absolute atomic E-state index is 14.3. The van der Waals surface area contributed by atoms with Crippen molar-refractivity contribution in [2.75, 3.05) is 45.8 Å². The fourth-order valence-electron chi connectivity index (χ4n) is 4.51. The average Bonchev–Trinajstić information content (AvgIpc) is 3.05. The van der Waals surface area contributed by atoms with Gasteiger partial charge in [-0.1, -0.05) is 25.5 Å². The molecule has 45 heavy (non-hydrogen) atoms. The highest BCUT2D eigenvalue weighted by Gasteiger charge is 2.34. The van der Waals surface area contributed by atoms with Crippen molar-refractivity contribution in [2.45, 2.75) is 44.2 Å². The number of sulfonamides is 1. The molecule has 0 fully saturated rings. The summed E-state index contributed by atoms with van der Waals surface area (Å²) in [7, 11) is 1.12. The molecule has 0 aliphatic rings. The number of carbonyl (C=O) groups is 2. The SMILES string of the molecule is CCCCNC(=O)C(C)N(Cc1ccc(F)cc1)C(=O)CN(c1cc(OC)ccc1OC)S(=O)(=O)c1ccc(OC)c(OC)c1. The summed E-state index contributed by atoms with van der Waals surface area (Å²) >= 11 is 0. The summed E-state index contributed by atoms with van der Waals surface area (Å²) in [5.74, 6) is -0.609.